The summed E-state index contributed by atoms with van der Waals surface area (Å²) in [5, 5.41) is 3.22. The molecule has 5 rings (SSSR count). The van der Waals surface area contributed by atoms with Crippen LogP contribution in [0.25, 0.3) is 22.3 Å². The quantitative estimate of drug-likeness (QED) is 0.448. The Bertz CT molecular complexity index is 1540. The van der Waals surface area contributed by atoms with Crippen molar-refractivity contribution in [1.29, 1.82) is 0 Å². The van der Waals surface area contributed by atoms with Crippen LogP contribution in [0.3, 0.4) is 0 Å². The van der Waals surface area contributed by atoms with Crippen molar-refractivity contribution < 1.29 is 22.0 Å². The molecule has 0 unspecified atom stereocenters. The maximum atomic E-state index is 13.5. The van der Waals surface area contributed by atoms with Crippen LogP contribution >= 0.6 is 0 Å². The number of nitrogens with one attached hydrogen (secondary N) is 1. The first-order valence-corrected chi connectivity index (χ1v) is 12.7. The fourth-order valence-electron chi connectivity index (χ4n) is 4.67. The molecule has 2 heterocycles. The monoisotopic (exact) mass is 478 g/mol. The number of carbonyl (C=O) groups is 1. The number of sulfonamides is 1. The summed E-state index contributed by atoms with van der Waals surface area (Å²) in [5.41, 5.74) is 4.49. The van der Waals surface area contributed by atoms with Crippen molar-refractivity contribution in [2.24, 2.45) is 0 Å². The number of carbonyl (C=O) groups excluding carboxylic acids is 1. The van der Waals surface area contributed by atoms with E-state index in [1.165, 1.54) is 29.7 Å². The van der Waals surface area contributed by atoms with Crippen LogP contribution in [-0.2, 0) is 16.6 Å². The minimum absolute atomic E-state index is 0.121. The van der Waals surface area contributed by atoms with Gasteiger partial charge in [0, 0.05) is 30.0 Å². The predicted octanol–water partition coefficient (Wildman–Crippen LogP) is 5.03. The van der Waals surface area contributed by atoms with E-state index in [0.29, 0.717) is 33.5 Å². The molecule has 0 fully saturated rings. The fraction of sp³-hybridized carbons (Fsp3) is 0.192. The summed E-state index contributed by atoms with van der Waals surface area (Å²) < 4.78 is 46.7. The highest BCUT2D eigenvalue weighted by Crippen LogP contribution is 2.44. The predicted molar refractivity (Wildman–Crippen MR) is 130 cm³/mol. The third-order valence-corrected chi connectivity index (χ3v) is 7.50. The minimum Gasteiger partial charge on any atom is -0.455 e. The molecular weight excluding hydrogens is 455 g/mol. The van der Waals surface area contributed by atoms with Crippen LogP contribution in [0.2, 0.25) is 0 Å². The summed E-state index contributed by atoms with van der Waals surface area (Å²) in [4.78, 5) is 12.9. The molecular formula is C26H23FN2O4S. The number of hydrogen-bond acceptors (Lipinski definition) is 4. The van der Waals surface area contributed by atoms with Crippen LogP contribution in [0.15, 0.2) is 65.1 Å². The van der Waals surface area contributed by atoms with Gasteiger partial charge in [-0.15, -0.1) is 0 Å². The summed E-state index contributed by atoms with van der Waals surface area (Å²) in [6, 6.07) is 17.0. The minimum atomic E-state index is -3.61. The van der Waals surface area contributed by atoms with Crippen molar-refractivity contribution in [3.05, 3.63) is 88.7 Å². The molecule has 0 saturated carbocycles. The van der Waals surface area contributed by atoms with Crippen LogP contribution in [0.5, 0.6) is 0 Å². The van der Waals surface area contributed by atoms with Gasteiger partial charge in [0.05, 0.1) is 24.1 Å². The number of fused-ring (bicyclic) bond motifs is 3. The van der Waals surface area contributed by atoms with Crippen molar-refractivity contribution in [3.63, 3.8) is 0 Å². The average molecular weight is 479 g/mol. The lowest BCUT2D eigenvalue weighted by atomic mass is 9.89. The molecule has 34 heavy (non-hydrogen) atoms. The first-order valence-electron chi connectivity index (χ1n) is 10.8. The topological polar surface area (TPSA) is 79.6 Å². The molecule has 1 amide bonds. The summed E-state index contributed by atoms with van der Waals surface area (Å²) in [7, 11) is -2.08. The molecule has 1 atom stereocenters. The first kappa shape index (κ1) is 22.2. The molecule has 8 heteroatoms. The average Bonchev–Trinajstić information content (AvgIpc) is 3.13. The molecule has 0 bridgehead atoms. The lowest BCUT2D eigenvalue weighted by Crippen LogP contribution is -2.29. The molecule has 6 nitrogen and oxygen atoms in total. The van der Waals surface area contributed by atoms with Crippen LogP contribution in [-0.4, -0.2) is 27.6 Å². The van der Waals surface area contributed by atoms with Gasteiger partial charge in [0.1, 0.15) is 17.2 Å². The van der Waals surface area contributed by atoms with Gasteiger partial charge >= 0.3 is 0 Å². The summed E-state index contributed by atoms with van der Waals surface area (Å²) in [6.45, 7) is 2.22. The Labute approximate surface area is 197 Å². The van der Waals surface area contributed by atoms with E-state index in [0.717, 1.165) is 16.7 Å². The smallest absolute Gasteiger partial charge is 0.255 e. The van der Waals surface area contributed by atoms with E-state index in [1.807, 2.05) is 37.3 Å². The lowest BCUT2D eigenvalue weighted by Gasteiger charge is -2.23. The van der Waals surface area contributed by atoms with E-state index < -0.39 is 15.8 Å². The van der Waals surface area contributed by atoms with Gasteiger partial charge in [-0.1, -0.05) is 31.2 Å². The summed E-state index contributed by atoms with van der Waals surface area (Å²) >= 11 is 0. The number of benzene rings is 3. The highest BCUT2D eigenvalue weighted by molar-refractivity contribution is 7.92. The zero-order valence-corrected chi connectivity index (χ0v) is 19.7. The number of hydrogen-bond donors (Lipinski definition) is 1. The van der Waals surface area contributed by atoms with E-state index in [9.17, 15) is 17.6 Å². The molecule has 0 spiro atoms. The fourth-order valence-corrected chi connectivity index (χ4v) is 5.56. The zero-order valence-electron chi connectivity index (χ0n) is 18.9. The third-order valence-electron chi connectivity index (χ3n) is 6.37. The number of furan rings is 1. The number of anilines is 1. The third kappa shape index (κ3) is 3.54. The second-order valence-corrected chi connectivity index (χ2v) is 10.4. The molecule has 1 aliphatic heterocycles. The van der Waals surface area contributed by atoms with Gasteiger partial charge in [-0.3, -0.25) is 9.10 Å². The first-order chi connectivity index (χ1) is 16.2. The van der Waals surface area contributed by atoms with Crippen LogP contribution < -0.4 is 9.62 Å². The Morgan fingerprint density at radius 3 is 2.47 bits per heavy atom. The standard InChI is InChI=1S/C26H23FN2O4S/c1-15-19-7-5-4-6-17(19)14-29(34(3,31)32)22-13-23-21(12-20(15)22)24(26(30)28-2)25(33-23)16-8-10-18(27)11-9-16/h4-13,15H,14H2,1-3H3,(H,28,30)/t15-/m1/s1. The maximum Gasteiger partial charge on any atom is 0.255 e. The normalized spacial score (nSPS) is 15.5. The lowest BCUT2D eigenvalue weighted by molar-refractivity contribution is 0.0964. The van der Waals surface area contributed by atoms with Crippen molar-refractivity contribution in [2.75, 3.05) is 17.6 Å². The van der Waals surface area contributed by atoms with E-state index in [4.69, 9.17) is 4.42 Å². The molecule has 0 saturated heterocycles. The molecule has 0 aliphatic carbocycles. The number of halogens is 1. The molecule has 174 valence electrons. The Morgan fingerprint density at radius 2 is 1.79 bits per heavy atom. The summed E-state index contributed by atoms with van der Waals surface area (Å²) in [6.07, 6.45) is 1.18. The van der Waals surface area contributed by atoms with Crippen LogP contribution in [0.1, 0.15) is 39.9 Å². The largest absolute Gasteiger partial charge is 0.455 e. The molecule has 1 N–H and O–H groups in total. The van der Waals surface area contributed by atoms with E-state index >= 15 is 0 Å². The van der Waals surface area contributed by atoms with Crippen LogP contribution in [0, 0.1) is 5.82 Å². The highest BCUT2D eigenvalue weighted by atomic mass is 32.2. The Balaban J connectivity index is 1.84. The molecule has 1 aliphatic rings. The van der Waals surface area contributed by atoms with Crippen molar-refractivity contribution in [2.45, 2.75) is 19.4 Å². The molecule has 4 aromatic rings. The van der Waals surface area contributed by atoms with Gasteiger partial charge in [-0.2, -0.15) is 0 Å². The van der Waals surface area contributed by atoms with Gasteiger partial charge in [-0.25, -0.2) is 12.8 Å². The SMILES string of the molecule is CNC(=O)c1c(-c2ccc(F)cc2)oc2cc3c(cc12)[C@H](C)c1ccccc1CN3S(C)(=O)=O. The number of nitrogens with zero attached hydrogens (tertiary/aromatic N) is 1. The van der Waals surface area contributed by atoms with Gasteiger partial charge in [0.25, 0.3) is 5.91 Å². The Hall–Kier alpha value is -3.65. The second-order valence-electron chi connectivity index (χ2n) is 8.49. The summed E-state index contributed by atoms with van der Waals surface area (Å²) in [5.74, 6) is -0.568. The Kier molecular flexibility index (Phi) is 5.20. The van der Waals surface area contributed by atoms with Gasteiger partial charge < -0.3 is 9.73 Å². The van der Waals surface area contributed by atoms with Crippen molar-refractivity contribution >= 4 is 32.6 Å². The van der Waals surface area contributed by atoms with Gasteiger partial charge in [-0.05, 0) is 47.0 Å². The Morgan fingerprint density at radius 1 is 1.09 bits per heavy atom. The van der Waals surface area contributed by atoms with Gasteiger partial charge in [0.15, 0.2) is 0 Å². The number of amides is 1. The van der Waals surface area contributed by atoms with E-state index in [-0.39, 0.29) is 18.4 Å². The van der Waals surface area contributed by atoms with E-state index in [2.05, 4.69) is 5.32 Å². The molecule has 3 aromatic carbocycles. The molecule has 0 radical (unpaired) electrons. The molecule has 1 aromatic heterocycles. The highest BCUT2D eigenvalue weighted by Gasteiger charge is 2.32. The van der Waals surface area contributed by atoms with Gasteiger partial charge in [0.2, 0.25) is 10.0 Å². The number of rotatable bonds is 3. The van der Waals surface area contributed by atoms with Crippen LogP contribution in [0.4, 0.5) is 10.1 Å². The zero-order chi connectivity index (χ0) is 24.2. The maximum absolute atomic E-state index is 13.5. The van der Waals surface area contributed by atoms with E-state index in [1.54, 1.807) is 18.2 Å². The van der Waals surface area contributed by atoms with Crippen molar-refractivity contribution in [1.82, 2.24) is 5.32 Å². The van der Waals surface area contributed by atoms with Crippen molar-refractivity contribution in [3.8, 4) is 11.3 Å². The second kappa shape index (κ2) is 7.99.